The maximum Gasteiger partial charge on any atom is 0.353 e. The van der Waals surface area contributed by atoms with Crippen molar-refractivity contribution in [2.24, 2.45) is 0 Å². The van der Waals surface area contributed by atoms with Gasteiger partial charge in [-0.25, -0.2) is 18.7 Å². The first kappa shape index (κ1) is 20.7. The minimum Gasteiger partial charge on any atom is -0.368 e. The summed E-state index contributed by atoms with van der Waals surface area (Å²) >= 11 is 5.79. The van der Waals surface area contributed by atoms with E-state index < -0.39 is 10.7 Å². The van der Waals surface area contributed by atoms with Gasteiger partial charge in [-0.05, 0) is 42.5 Å². The monoisotopic (exact) mass is 446 g/mol. The predicted molar refractivity (Wildman–Crippen MR) is 114 cm³/mol. The number of hydrogen-bond donors (Lipinski definition) is 1. The van der Waals surface area contributed by atoms with Crippen LogP contribution in [0.15, 0.2) is 48.8 Å². The van der Waals surface area contributed by atoms with E-state index in [0.717, 1.165) is 11.8 Å². The summed E-state index contributed by atoms with van der Waals surface area (Å²) in [6.45, 7) is 2.14. The lowest BCUT2D eigenvalue weighted by molar-refractivity contribution is -0.383. The molecule has 1 saturated heterocycles. The molecule has 11 heteroatoms. The fraction of sp³-hybridized carbons (Fsp3) is 0.200. The number of benzene rings is 2. The largest absolute Gasteiger partial charge is 0.368 e. The molecule has 0 aliphatic carbocycles. The third-order valence-corrected chi connectivity index (χ3v) is 5.23. The summed E-state index contributed by atoms with van der Waals surface area (Å²) in [6, 6.07) is 10.1. The quantitative estimate of drug-likeness (QED) is 0.459. The highest BCUT2D eigenvalue weighted by molar-refractivity contribution is 6.31. The van der Waals surface area contributed by atoms with Crippen molar-refractivity contribution in [3.63, 3.8) is 0 Å². The lowest BCUT2D eigenvalue weighted by atomic mass is 10.2. The molecule has 8 nitrogen and oxygen atoms in total. The average Bonchev–Trinajstić information content (AvgIpc) is 2.77. The van der Waals surface area contributed by atoms with Gasteiger partial charge < -0.3 is 15.1 Å². The second-order valence-electron chi connectivity index (χ2n) is 6.86. The van der Waals surface area contributed by atoms with Crippen LogP contribution in [0.3, 0.4) is 0 Å². The topological polar surface area (TPSA) is 87.4 Å². The van der Waals surface area contributed by atoms with Gasteiger partial charge in [0.15, 0.2) is 0 Å². The molecule has 3 aromatic rings. The molecule has 0 bridgehead atoms. The minimum absolute atomic E-state index is 0.0151. The van der Waals surface area contributed by atoms with E-state index >= 15 is 0 Å². The number of nitrogens with one attached hydrogen (secondary N) is 1. The maximum atomic E-state index is 13.4. The molecular formula is C20H17ClF2N6O2. The number of aromatic nitrogens is 2. The number of rotatable bonds is 5. The molecule has 1 N–H and O–H groups in total. The van der Waals surface area contributed by atoms with Gasteiger partial charge in [-0.3, -0.25) is 10.1 Å². The zero-order valence-electron chi connectivity index (χ0n) is 16.1. The van der Waals surface area contributed by atoms with Crippen molar-refractivity contribution in [1.29, 1.82) is 0 Å². The van der Waals surface area contributed by atoms with E-state index in [9.17, 15) is 18.9 Å². The third kappa shape index (κ3) is 4.48. The molecule has 0 saturated carbocycles. The van der Waals surface area contributed by atoms with Gasteiger partial charge in [-0.1, -0.05) is 11.6 Å². The first-order valence-corrected chi connectivity index (χ1v) is 9.77. The van der Waals surface area contributed by atoms with Crippen molar-refractivity contribution in [2.45, 2.75) is 0 Å². The molecule has 4 rings (SSSR count). The Labute approximate surface area is 181 Å². The van der Waals surface area contributed by atoms with Gasteiger partial charge in [0, 0.05) is 37.6 Å². The Morgan fingerprint density at radius 1 is 1.00 bits per heavy atom. The summed E-state index contributed by atoms with van der Waals surface area (Å²) in [6.07, 6.45) is 1.24. The summed E-state index contributed by atoms with van der Waals surface area (Å²) in [5, 5.41) is 14.6. The van der Waals surface area contributed by atoms with Gasteiger partial charge >= 0.3 is 5.69 Å². The summed E-state index contributed by atoms with van der Waals surface area (Å²) in [5.41, 5.74) is 0.965. The van der Waals surface area contributed by atoms with Gasteiger partial charge in [0.2, 0.25) is 11.6 Å². The van der Waals surface area contributed by atoms with Gasteiger partial charge in [0.25, 0.3) is 0 Å². The Morgan fingerprint density at radius 3 is 2.32 bits per heavy atom. The fourth-order valence-electron chi connectivity index (χ4n) is 3.40. The zero-order chi connectivity index (χ0) is 22.0. The first-order chi connectivity index (χ1) is 14.9. The fourth-order valence-corrected chi connectivity index (χ4v) is 3.58. The van der Waals surface area contributed by atoms with Gasteiger partial charge in [-0.15, -0.1) is 0 Å². The second kappa shape index (κ2) is 8.68. The molecule has 2 aromatic carbocycles. The van der Waals surface area contributed by atoms with Crippen molar-refractivity contribution < 1.29 is 13.7 Å². The summed E-state index contributed by atoms with van der Waals surface area (Å²) in [7, 11) is 0. The van der Waals surface area contributed by atoms with Crippen LogP contribution in [0.1, 0.15) is 0 Å². The van der Waals surface area contributed by atoms with Crippen LogP contribution in [-0.4, -0.2) is 41.1 Å². The molecule has 0 spiro atoms. The van der Waals surface area contributed by atoms with Crippen LogP contribution in [0.5, 0.6) is 0 Å². The first-order valence-electron chi connectivity index (χ1n) is 9.39. The van der Waals surface area contributed by atoms with E-state index in [-0.39, 0.29) is 28.2 Å². The van der Waals surface area contributed by atoms with E-state index in [1.54, 1.807) is 12.1 Å². The number of nitrogens with zero attached hydrogens (tertiary/aromatic N) is 5. The van der Waals surface area contributed by atoms with Gasteiger partial charge in [0.05, 0.1) is 9.95 Å². The van der Waals surface area contributed by atoms with Crippen LogP contribution in [-0.2, 0) is 0 Å². The summed E-state index contributed by atoms with van der Waals surface area (Å²) < 4.78 is 26.6. The molecule has 160 valence electrons. The van der Waals surface area contributed by atoms with Crippen LogP contribution in [0.4, 0.5) is 37.5 Å². The lowest BCUT2D eigenvalue weighted by Crippen LogP contribution is -2.47. The number of piperazine rings is 1. The number of nitro groups is 1. The highest BCUT2D eigenvalue weighted by Gasteiger charge is 2.29. The van der Waals surface area contributed by atoms with Crippen LogP contribution in [0, 0.1) is 21.7 Å². The predicted octanol–water partition coefficient (Wildman–Crippen LogP) is 4.39. The third-order valence-electron chi connectivity index (χ3n) is 4.94. The van der Waals surface area contributed by atoms with E-state index in [2.05, 4.69) is 20.2 Å². The maximum absolute atomic E-state index is 13.4. The minimum atomic E-state index is -0.593. The zero-order valence-corrected chi connectivity index (χ0v) is 16.9. The molecule has 0 radical (unpaired) electrons. The van der Waals surface area contributed by atoms with Gasteiger partial charge in [0.1, 0.15) is 18.0 Å². The standard InChI is InChI=1S/C20H17ClF2N6O2/c21-16-11-14(3-6-17(16)23)26-19-18(29(30)31)20(25-12-24-19)28-9-7-27(8-10-28)15-4-1-13(22)2-5-15/h1-6,11-12H,7-10H2,(H,24,25,26). The lowest BCUT2D eigenvalue weighted by Gasteiger charge is -2.36. The van der Waals surface area contributed by atoms with Crippen LogP contribution >= 0.6 is 11.6 Å². The van der Waals surface area contributed by atoms with Gasteiger partial charge in [-0.2, -0.15) is 0 Å². The molecule has 31 heavy (non-hydrogen) atoms. The van der Waals surface area contributed by atoms with E-state index in [0.29, 0.717) is 31.9 Å². The SMILES string of the molecule is O=[N+]([O-])c1c(Nc2ccc(F)c(Cl)c2)ncnc1N1CCN(c2ccc(F)cc2)CC1. The second-order valence-corrected chi connectivity index (χ2v) is 7.26. The van der Waals surface area contributed by atoms with Crippen molar-refractivity contribution in [2.75, 3.05) is 41.3 Å². The average molecular weight is 447 g/mol. The Bertz CT molecular complexity index is 1110. The van der Waals surface area contributed by atoms with Crippen molar-refractivity contribution in [3.8, 4) is 0 Å². The molecule has 1 aromatic heterocycles. The summed E-state index contributed by atoms with van der Waals surface area (Å²) in [4.78, 5) is 23.3. The Morgan fingerprint density at radius 2 is 1.68 bits per heavy atom. The number of anilines is 4. The van der Waals surface area contributed by atoms with Crippen molar-refractivity contribution >= 4 is 40.3 Å². The summed E-state index contributed by atoms with van der Waals surface area (Å²) in [5.74, 6) is -0.723. The highest BCUT2D eigenvalue weighted by Crippen LogP contribution is 2.35. The molecule has 0 atom stereocenters. The van der Waals surface area contributed by atoms with Crippen LogP contribution in [0.2, 0.25) is 5.02 Å². The van der Waals surface area contributed by atoms with Crippen LogP contribution in [0.25, 0.3) is 0 Å². The molecule has 1 fully saturated rings. The Kier molecular flexibility index (Phi) is 5.81. The number of hydrogen-bond acceptors (Lipinski definition) is 7. The van der Waals surface area contributed by atoms with E-state index in [1.165, 1.54) is 30.6 Å². The van der Waals surface area contributed by atoms with Crippen molar-refractivity contribution in [1.82, 2.24) is 9.97 Å². The van der Waals surface area contributed by atoms with E-state index in [1.807, 2.05) is 4.90 Å². The Hall–Kier alpha value is -3.53. The molecule has 1 aliphatic rings. The Balaban J connectivity index is 1.56. The molecular weight excluding hydrogens is 430 g/mol. The smallest absolute Gasteiger partial charge is 0.353 e. The highest BCUT2D eigenvalue weighted by atomic mass is 35.5. The molecule has 1 aliphatic heterocycles. The van der Waals surface area contributed by atoms with E-state index in [4.69, 9.17) is 11.6 Å². The molecule has 2 heterocycles. The normalized spacial score (nSPS) is 13.9. The number of halogens is 3. The van der Waals surface area contributed by atoms with Crippen LogP contribution < -0.4 is 15.1 Å². The van der Waals surface area contributed by atoms with Crippen molar-refractivity contribution in [3.05, 3.63) is 75.6 Å². The molecule has 0 unspecified atom stereocenters. The molecule has 0 amide bonds.